The summed E-state index contributed by atoms with van der Waals surface area (Å²) in [7, 11) is 2.93. The van der Waals surface area contributed by atoms with E-state index in [0.717, 1.165) is 16.7 Å². The number of nitrogens with one attached hydrogen (secondary N) is 1. The molecule has 1 N–H and O–H groups in total. The minimum Gasteiger partial charge on any atom is -0.473 e. The third-order valence-corrected chi connectivity index (χ3v) is 4.10. The highest BCUT2D eigenvalue weighted by Gasteiger charge is 2.18. The van der Waals surface area contributed by atoms with Crippen LogP contribution in [0.4, 0.5) is 0 Å². The number of oxime groups is 2. The summed E-state index contributed by atoms with van der Waals surface area (Å²) >= 11 is 0. The molecular weight excluding hydrogens is 384 g/mol. The van der Waals surface area contributed by atoms with Crippen LogP contribution in [-0.4, -0.2) is 43.1 Å². The molecule has 2 aromatic rings. The fourth-order valence-electron chi connectivity index (χ4n) is 2.60. The van der Waals surface area contributed by atoms with E-state index in [-0.39, 0.29) is 18.2 Å². The molecule has 0 atom stereocenters. The highest BCUT2D eigenvalue weighted by Crippen LogP contribution is 2.19. The molecule has 0 radical (unpaired) electrons. The number of aryl methyl sites for hydroxylation is 1. The molecule has 0 bridgehead atoms. The molecule has 1 amide bonds. The summed E-state index contributed by atoms with van der Waals surface area (Å²) in [5.74, 6) is 0.134. The lowest BCUT2D eigenvalue weighted by Crippen LogP contribution is -2.29. The van der Waals surface area contributed by atoms with Gasteiger partial charge < -0.3 is 19.7 Å². The summed E-state index contributed by atoms with van der Waals surface area (Å²) in [5.41, 5.74) is 3.95. The zero-order chi connectivity index (χ0) is 21.9. The normalized spacial score (nSPS) is 11.6. The molecule has 1 aromatic carbocycles. The van der Waals surface area contributed by atoms with Crippen LogP contribution < -0.4 is 10.1 Å². The Hall–Kier alpha value is -3.68. The Morgan fingerprint density at radius 2 is 2.07 bits per heavy atom. The molecule has 0 aliphatic heterocycles. The Morgan fingerprint density at radius 1 is 1.30 bits per heavy atom. The number of pyridine rings is 1. The first-order valence-electron chi connectivity index (χ1n) is 9.30. The van der Waals surface area contributed by atoms with Gasteiger partial charge >= 0.3 is 0 Å². The van der Waals surface area contributed by atoms with Gasteiger partial charge in [-0.15, -0.1) is 0 Å². The number of likely N-dealkylation sites (N-methyl/N-ethyl adjacent to an activating group) is 1. The first-order valence-corrected chi connectivity index (χ1v) is 9.30. The topological polar surface area (TPSA) is 94.4 Å². The molecule has 30 heavy (non-hydrogen) atoms. The first kappa shape index (κ1) is 22.6. The molecule has 8 heteroatoms. The van der Waals surface area contributed by atoms with E-state index in [1.807, 2.05) is 38.1 Å². The first-order chi connectivity index (χ1) is 14.5. The summed E-state index contributed by atoms with van der Waals surface area (Å²) < 4.78 is 5.92. The van der Waals surface area contributed by atoms with Crippen LogP contribution in [0.5, 0.6) is 5.88 Å². The second kappa shape index (κ2) is 11.4. The van der Waals surface area contributed by atoms with Crippen molar-refractivity contribution in [1.82, 2.24) is 10.3 Å². The number of amides is 1. The van der Waals surface area contributed by atoms with Crippen molar-refractivity contribution in [2.24, 2.45) is 10.3 Å². The van der Waals surface area contributed by atoms with Crippen molar-refractivity contribution in [2.75, 3.05) is 20.8 Å². The number of rotatable bonds is 10. The molecule has 0 unspecified atom stereocenters. The minimum atomic E-state index is -0.351. The van der Waals surface area contributed by atoms with Crippen LogP contribution in [0.2, 0.25) is 0 Å². The van der Waals surface area contributed by atoms with Crippen molar-refractivity contribution < 1.29 is 19.2 Å². The molecule has 8 nitrogen and oxygen atoms in total. The molecule has 0 saturated carbocycles. The number of hydrogen-bond acceptors (Lipinski definition) is 7. The molecule has 0 fully saturated rings. The fourth-order valence-corrected chi connectivity index (χ4v) is 2.60. The monoisotopic (exact) mass is 410 g/mol. The Morgan fingerprint density at radius 3 is 2.73 bits per heavy atom. The van der Waals surface area contributed by atoms with Crippen LogP contribution in [-0.2, 0) is 21.1 Å². The van der Waals surface area contributed by atoms with Crippen LogP contribution in [0.25, 0.3) is 0 Å². The fraction of sp³-hybridized carbons (Fsp3) is 0.273. The maximum Gasteiger partial charge on any atom is 0.273 e. The third kappa shape index (κ3) is 5.91. The number of benzene rings is 1. The van der Waals surface area contributed by atoms with Gasteiger partial charge in [0.1, 0.15) is 20.3 Å². The highest BCUT2D eigenvalue weighted by molar-refractivity contribution is 6.45. The second-order valence-electron chi connectivity index (χ2n) is 6.25. The average molecular weight is 410 g/mol. The van der Waals surface area contributed by atoms with E-state index < -0.39 is 0 Å². The lowest BCUT2D eigenvalue weighted by molar-refractivity contribution is -0.114. The van der Waals surface area contributed by atoms with Crippen molar-refractivity contribution in [3.05, 3.63) is 71.4 Å². The van der Waals surface area contributed by atoms with Crippen molar-refractivity contribution in [3.8, 4) is 5.88 Å². The zero-order valence-electron chi connectivity index (χ0n) is 17.6. The molecule has 158 valence electrons. The quantitative estimate of drug-likeness (QED) is 0.281. The van der Waals surface area contributed by atoms with Crippen LogP contribution in [0.15, 0.2) is 59.5 Å². The summed E-state index contributed by atoms with van der Waals surface area (Å²) in [6.45, 7) is 7.87. The number of nitrogens with zero attached hydrogens (tertiary/aromatic N) is 3. The van der Waals surface area contributed by atoms with Crippen molar-refractivity contribution >= 4 is 17.3 Å². The molecular formula is C22H26N4O4. The summed E-state index contributed by atoms with van der Waals surface area (Å²) in [6.07, 6.45) is 3.30. The third-order valence-electron chi connectivity index (χ3n) is 4.10. The number of aromatic nitrogens is 1. The lowest BCUT2D eigenvalue weighted by Gasteiger charge is -2.13. The maximum atomic E-state index is 12.2. The standard InChI is InChI=1S/C22H26N4O4/c1-6-11-30-25-16(3)18-12-15(2)22(24-13-18)29-14-17-9-7-8-10-19(17)20(26-28-5)21(27)23-4/h6-10,12-13H,1,11,14H2,2-5H3,(H,23,27). The number of carbonyl (C=O) groups excluding carboxylic acids is 1. The van der Waals surface area contributed by atoms with Gasteiger partial charge in [-0.25, -0.2) is 4.98 Å². The van der Waals surface area contributed by atoms with E-state index in [4.69, 9.17) is 14.4 Å². The van der Waals surface area contributed by atoms with Gasteiger partial charge in [-0.1, -0.05) is 47.2 Å². The van der Waals surface area contributed by atoms with Crippen molar-refractivity contribution in [1.29, 1.82) is 0 Å². The van der Waals surface area contributed by atoms with Crippen molar-refractivity contribution in [2.45, 2.75) is 20.5 Å². The molecule has 0 spiro atoms. The van der Waals surface area contributed by atoms with Gasteiger partial charge in [-0.05, 0) is 25.5 Å². The van der Waals surface area contributed by atoms with Gasteiger partial charge in [-0.2, -0.15) is 0 Å². The van der Waals surface area contributed by atoms with E-state index in [0.29, 0.717) is 23.8 Å². The van der Waals surface area contributed by atoms with Crippen LogP contribution in [0.1, 0.15) is 29.2 Å². The van der Waals surface area contributed by atoms with Gasteiger partial charge in [-0.3, -0.25) is 4.79 Å². The Balaban J connectivity index is 2.20. The predicted octanol–water partition coefficient (Wildman–Crippen LogP) is 2.99. The zero-order valence-corrected chi connectivity index (χ0v) is 17.6. The van der Waals surface area contributed by atoms with E-state index in [9.17, 15) is 4.79 Å². The maximum absolute atomic E-state index is 12.2. The van der Waals surface area contributed by atoms with E-state index in [1.165, 1.54) is 14.2 Å². The smallest absolute Gasteiger partial charge is 0.273 e. The van der Waals surface area contributed by atoms with Crippen LogP contribution in [0, 0.1) is 6.92 Å². The average Bonchev–Trinajstić information content (AvgIpc) is 2.76. The molecule has 0 aliphatic rings. The predicted molar refractivity (Wildman–Crippen MR) is 116 cm³/mol. The molecule has 0 saturated heterocycles. The number of carbonyl (C=O) groups is 1. The van der Waals surface area contributed by atoms with E-state index in [2.05, 4.69) is 27.2 Å². The van der Waals surface area contributed by atoms with E-state index in [1.54, 1.807) is 18.3 Å². The summed E-state index contributed by atoms with van der Waals surface area (Å²) in [5, 5.41) is 10.4. The van der Waals surface area contributed by atoms with Gasteiger partial charge in [0, 0.05) is 29.9 Å². The summed E-state index contributed by atoms with van der Waals surface area (Å²) in [6, 6.07) is 9.26. The van der Waals surface area contributed by atoms with Crippen molar-refractivity contribution in [3.63, 3.8) is 0 Å². The Kier molecular flexibility index (Phi) is 8.56. The minimum absolute atomic E-state index is 0.172. The van der Waals surface area contributed by atoms with E-state index >= 15 is 0 Å². The Labute approximate surface area is 176 Å². The van der Waals surface area contributed by atoms with Crippen LogP contribution >= 0.6 is 0 Å². The van der Waals surface area contributed by atoms with Gasteiger partial charge in [0.05, 0.1) is 5.71 Å². The number of hydrogen-bond donors (Lipinski definition) is 1. The summed E-state index contributed by atoms with van der Waals surface area (Å²) in [4.78, 5) is 26.5. The molecule has 2 rings (SSSR count). The molecule has 1 heterocycles. The SMILES string of the molecule is C=CCON=C(C)c1cnc(OCc2ccccc2C(=NOC)C(=O)NC)c(C)c1. The largest absolute Gasteiger partial charge is 0.473 e. The van der Waals surface area contributed by atoms with Gasteiger partial charge in [0.2, 0.25) is 5.88 Å². The highest BCUT2D eigenvalue weighted by atomic mass is 16.6. The molecule has 0 aliphatic carbocycles. The van der Waals surface area contributed by atoms with Crippen LogP contribution in [0.3, 0.4) is 0 Å². The lowest BCUT2D eigenvalue weighted by atomic mass is 10.0. The van der Waals surface area contributed by atoms with Gasteiger partial charge in [0.15, 0.2) is 5.71 Å². The second-order valence-corrected chi connectivity index (χ2v) is 6.25. The molecule has 1 aromatic heterocycles. The number of ether oxygens (including phenoxy) is 1. The Bertz CT molecular complexity index is 954. The van der Waals surface area contributed by atoms with Gasteiger partial charge in [0.25, 0.3) is 5.91 Å².